The maximum atomic E-state index is 9.17. The van der Waals surface area contributed by atoms with Gasteiger partial charge in [-0.05, 0) is 25.0 Å². The molecule has 1 aromatic carbocycles. The van der Waals surface area contributed by atoms with Crippen LogP contribution in [0, 0.1) is 17.2 Å². The van der Waals surface area contributed by atoms with Crippen LogP contribution >= 0.6 is 11.6 Å². The van der Waals surface area contributed by atoms with E-state index in [1.54, 1.807) is 6.07 Å². The molecule has 92 valence electrons. The van der Waals surface area contributed by atoms with Gasteiger partial charge in [0.1, 0.15) is 6.07 Å². The van der Waals surface area contributed by atoms with Gasteiger partial charge in [0.25, 0.3) is 0 Å². The molecular formula is C14H19ClN2. The van der Waals surface area contributed by atoms with E-state index >= 15 is 0 Å². The number of anilines is 1. The smallest absolute Gasteiger partial charge is 0.103 e. The lowest BCUT2D eigenvalue weighted by molar-refractivity contribution is 0.548. The monoisotopic (exact) mass is 250 g/mol. The number of hydrogen-bond donors (Lipinski definition) is 0. The summed E-state index contributed by atoms with van der Waals surface area (Å²) in [5.41, 5.74) is 1.53. The van der Waals surface area contributed by atoms with E-state index in [1.165, 1.54) is 0 Å². The molecule has 0 amide bonds. The molecule has 0 heterocycles. The normalized spacial score (nSPS) is 11.9. The van der Waals surface area contributed by atoms with Crippen molar-refractivity contribution in [2.75, 3.05) is 18.0 Å². The van der Waals surface area contributed by atoms with Crippen LogP contribution in [-0.4, -0.2) is 13.1 Å². The van der Waals surface area contributed by atoms with Gasteiger partial charge in [-0.3, -0.25) is 0 Å². The van der Waals surface area contributed by atoms with E-state index in [4.69, 9.17) is 11.6 Å². The topological polar surface area (TPSA) is 27.0 Å². The highest BCUT2D eigenvalue weighted by Gasteiger charge is 2.14. The van der Waals surface area contributed by atoms with E-state index in [2.05, 4.69) is 31.7 Å². The molecule has 17 heavy (non-hydrogen) atoms. The van der Waals surface area contributed by atoms with Gasteiger partial charge >= 0.3 is 0 Å². The second-order valence-corrected chi connectivity index (χ2v) is 4.71. The summed E-state index contributed by atoms with van der Waals surface area (Å²) in [6.07, 6.45) is 1.14. The minimum atomic E-state index is 0.535. The SMILES string of the molecule is CCC(C)CN(CC)c1cccc(Cl)c1C#N. The van der Waals surface area contributed by atoms with Crippen LogP contribution in [0.4, 0.5) is 5.69 Å². The first-order valence-corrected chi connectivity index (χ1v) is 6.45. The van der Waals surface area contributed by atoms with Gasteiger partial charge in [-0.2, -0.15) is 5.26 Å². The predicted molar refractivity (Wildman–Crippen MR) is 73.5 cm³/mol. The first-order valence-electron chi connectivity index (χ1n) is 6.07. The van der Waals surface area contributed by atoms with E-state index in [-0.39, 0.29) is 0 Å². The largest absolute Gasteiger partial charge is 0.370 e. The average Bonchev–Trinajstić information content (AvgIpc) is 2.35. The zero-order chi connectivity index (χ0) is 12.8. The highest BCUT2D eigenvalue weighted by Crippen LogP contribution is 2.27. The Morgan fingerprint density at radius 2 is 2.12 bits per heavy atom. The van der Waals surface area contributed by atoms with Crippen LogP contribution in [0.2, 0.25) is 5.02 Å². The van der Waals surface area contributed by atoms with Gasteiger partial charge in [0.05, 0.1) is 16.3 Å². The summed E-state index contributed by atoms with van der Waals surface area (Å²) in [4.78, 5) is 2.22. The Balaban J connectivity index is 3.04. The molecule has 0 spiro atoms. The first kappa shape index (κ1) is 13.9. The summed E-state index contributed by atoms with van der Waals surface area (Å²) in [5, 5.41) is 9.71. The fraction of sp³-hybridized carbons (Fsp3) is 0.500. The van der Waals surface area contributed by atoms with Crippen LogP contribution in [0.25, 0.3) is 0 Å². The Morgan fingerprint density at radius 3 is 2.65 bits per heavy atom. The lowest BCUT2D eigenvalue weighted by Gasteiger charge is -2.27. The molecule has 0 N–H and O–H groups in total. The second-order valence-electron chi connectivity index (χ2n) is 4.30. The van der Waals surface area contributed by atoms with Gasteiger partial charge in [0, 0.05) is 13.1 Å². The van der Waals surface area contributed by atoms with Crippen LogP contribution in [0.3, 0.4) is 0 Å². The van der Waals surface area contributed by atoms with E-state index in [0.717, 1.165) is 25.2 Å². The lowest BCUT2D eigenvalue weighted by atomic mass is 10.1. The number of rotatable bonds is 5. The Hall–Kier alpha value is -1.20. The molecule has 0 aliphatic carbocycles. The minimum absolute atomic E-state index is 0.535. The summed E-state index contributed by atoms with van der Waals surface area (Å²) in [7, 11) is 0. The number of benzene rings is 1. The molecule has 1 rings (SSSR count). The van der Waals surface area contributed by atoms with Crippen molar-refractivity contribution < 1.29 is 0 Å². The summed E-state index contributed by atoms with van der Waals surface area (Å²) in [6.45, 7) is 8.35. The highest BCUT2D eigenvalue weighted by atomic mass is 35.5. The summed E-state index contributed by atoms with van der Waals surface area (Å²) < 4.78 is 0. The molecule has 0 saturated heterocycles. The highest BCUT2D eigenvalue weighted by molar-refractivity contribution is 6.32. The zero-order valence-electron chi connectivity index (χ0n) is 10.7. The van der Waals surface area contributed by atoms with Crippen molar-refractivity contribution in [1.82, 2.24) is 0 Å². The molecule has 3 heteroatoms. The number of nitriles is 1. The van der Waals surface area contributed by atoms with Crippen LogP contribution in [-0.2, 0) is 0 Å². The molecule has 0 aliphatic heterocycles. The third-order valence-corrected chi connectivity index (χ3v) is 3.37. The van der Waals surface area contributed by atoms with Crippen molar-refractivity contribution in [1.29, 1.82) is 5.26 Å². The van der Waals surface area contributed by atoms with E-state index in [9.17, 15) is 5.26 Å². The third kappa shape index (κ3) is 3.38. The van der Waals surface area contributed by atoms with E-state index < -0.39 is 0 Å². The van der Waals surface area contributed by atoms with Crippen molar-refractivity contribution in [2.45, 2.75) is 27.2 Å². The first-order chi connectivity index (χ1) is 8.13. The lowest BCUT2D eigenvalue weighted by Crippen LogP contribution is -2.28. The molecular weight excluding hydrogens is 232 g/mol. The van der Waals surface area contributed by atoms with Crippen molar-refractivity contribution in [2.24, 2.45) is 5.92 Å². The second kappa shape index (κ2) is 6.51. The van der Waals surface area contributed by atoms with Gasteiger partial charge in [-0.1, -0.05) is 37.9 Å². The average molecular weight is 251 g/mol. The summed E-state index contributed by atoms with van der Waals surface area (Å²) >= 11 is 6.05. The maximum absolute atomic E-state index is 9.17. The maximum Gasteiger partial charge on any atom is 0.103 e. The number of hydrogen-bond acceptors (Lipinski definition) is 2. The predicted octanol–water partition coefficient (Wildman–Crippen LogP) is 4.08. The molecule has 0 bridgehead atoms. The van der Waals surface area contributed by atoms with Crippen LogP contribution in [0.5, 0.6) is 0 Å². The number of halogens is 1. The van der Waals surface area contributed by atoms with Gasteiger partial charge in [-0.25, -0.2) is 0 Å². The van der Waals surface area contributed by atoms with Gasteiger partial charge in [0.2, 0.25) is 0 Å². The summed E-state index contributed by atoms with van der Waals surface area (Å²) in [5.74, 6) is 0.612. The third-order valence-electron chi connectivity index (χ3n) is 3.05. The Morgan fingerprint density at radius 1 is 1.41 bits per heavy atom. The molecule has 1 atom stereocenters. The Labute approximate surface area is 109 Å². The van der Waals surface area contributed by atoms with Gasteiger partial charge in [0.15, 0.2) is 0 Å². The molecule has 0 aliphatic rings. The van der Waals surface area contributed by atoms with Crippen molar-refractivity contribution >= 4 is 17.3 Å². The van der Waals surface area contributed by atoms with Gasteiger partial charge < -0.3 is 4.90 Å². The van der Waals surface area contributed by atoms with Crippen molar-refractivity contribution in [3.63, 3.8) is 0 Å². The molecule has 1 unspecified atom stereocenters. The molecule has 1 aromatic rings. The Kier molecular flexibility index (Phi) is 5.31. The van der Waals surface area contributed by atoms with E-state index in [0.29, 0.717) is 16.5 Å². The zero-order valence-corrected chi connectivity index (χ0v) is 11.5. The summed E-state index contributed by atoms with van der Waals surface area (Å²) in [6, 6.07) is 7.83. The van der Waals surface area contributed by atoms with Crippen molar-refractivity contribution in [3.05, 3.63) is 28.8 Å². The van der Waals surface area contributed by atoms with Crippen LogP contribution < -0.4 is 4.90 Å². The fourth-order valence-electron chi connectivity index (χ4n) is 1.79. The molecule has 0 aromatic heterocycles. The van der Waals surface area contributed by atoms with Crippen LogP contribution in [0.1, 0.15) is 32.8 Å². The molecule has 0 radical (unpaired) electrons. The number of nitrogens with zero attached hydrogens (tertiary/aromatic N) is 2. The van der Waals surface area contributed by atoms with Crippen molar-refractivity contribution in [3.8, 4) is 6.07 Å². The molecule has 0 saturated carbocycles. The standard InChI is InChI=1S/C14H19ClN2/c1-4-11(3)10-17(5-2)14-8-6-7-13(15)12(14)9-16/h6-8,11H,4-5,10H2,1-3H3. The minimum Gasteiger partial charge on any atom is -0.370 e. The van der Waals surface area contributed by atoms with Gasteiger partial charge in [-0.15, -0.1) is 0 Å². The Bertz CT molecular complexity index is 409. The molecule has 2 nitrogen and oxygen atoms in total. The fourth-order valence-corrected chi connectivity index (χ4v) is 2.00. The van der Waals surface area contributed by atoms with Crippen LogP contribution in [0.15, 0.2) is 18.2 Å². The quantitative estimate of drug-likeness (QED) is 0.787. The van der Waals surface area contributed by atoms with E-state index in [1.807, 2.05) is 12.1 Å². The molecule has 0 fully saturated rings.